The molecule has 5 heteroatoms. The van der Waals surface area contributed by atoms with Crippen LogP contribution in [0.4, 0.5) is 4.39 Å². The van der Waals surface area contributed by atoms with Crippen molar-refractivity contribution in [1.29, 1.82) is 5.26 Å². The van der Waals surface area contributed by atoms with Crippen LogP contribution in [0.3, 0.4) is 0 Å². The summed E-state index contributed by atoms with van der Waals surface area (Å²) >= 11 is 0. The average Bonchev–Trinajstić information content (AvgIpc) is 2.50. The zero-order chi connectivity index (χ0) is 14.2. The van der Waals surface area contributed by atoms with E-state index in [0.29, 0.717) is 17.7 Å². The van der Waals surface area contributed by atoms with Crippen LogP contribution in [0, 0.1) is 17.1 Å². The Morgan fingerprint density at radius 1 is 1.35 bits per heavy atom. The molecule has 1 aliphatic heterocycles. The first-order valence-electron chi connectivity index (χ1n) is 6.99. The van der Waals surface area contributed by atoms with Crippen LogP contribution < -0.4 is 5.32 Å². The molecule has 0 aromatic heterocycles. The van der Waals surface area contributed by atoms with Gasteiger partial charge in [-0.05, 0) is 37.7 Å². The molecule has 1 heterocycles. The molecule has 20 heavy (non-hydrogen) atoms. The highest BCUT2D eigenvalue weighted by molar-refractivity contribution is 5.33. The number of hydrogen-bond acceptors (Lipinski definition) is 4. The number of rotatable bonds is 6. The molecule has 0 radical (unpaired) electrons. The Morgan fingerprint density at radius 2 is 2.15 bits per heavy atom. The standard InChI is InChI=1S/C15H20FN3O/c16-15-3-2-13(11-17)10-14(15)12-18-4-1-5-19-6-8-20-9-7-19/h2-3,10,18H,1,4-9,12H2. The number of nitrogens with one attached hydrogen (secondary N) is 1. The van der Waals surface area contributed by atoms with Crippen molar-refractivity contribution in [1.82, 2.24) is 10.2 Å². The Balaban J connectivity index is 1.66. The molecule has 0 unspecified atom stereocenters. The van der Waals surface area contributed by atoms with Gasteiger partial charge in [-0.1, -0.05) is 0 Å². The molecule has 1 aromatic rings. The molecule has 1 N–H and O–H groups in total. The third-order valence-corrected chi connectivity index (χ3v) is 3.42. The highest BCUT2D eigenvalue weighted by atomic mass is 19.1. The van der Waals surface area contributed by atoms with E-state index in [4.69, 9.17) is 10.00 Å². The van der Waals surface area contributed by atoms with Gasteiger partial charge in [0.05, 0.1) is 24.8 Å². The van der Waals surface area contributed by atoms with E-state index in [1.165, 1.54) is 12.1 Å². The summed E-state index contributed by atoms with van der Waals surface area (Å²) in [5.74, 6) is -0.260. The first kappa shape index (κ1) is 14.9. The van der Waals surface area contributed by atoms with Crippen molar-refractivity contribution >= 4 is 0 Å². The Labute approximate surface area is 119 Å². The number of ether oxygens (including phenoxy) is 1. The van der Waals surface area contributed by atoms with E-state index in [9.17, 15) is 4.39 Å². The molecule has 0 aliphatic carbocycles. The van der Waals surface area contributed by atoms with Crippen molar-refractivity contribution in [2.75, 3.05) is 39.4 Å². The lowest BCUT2D eigenvalue weighted by Gasteiger charge is -2.26. The molecule has 1 aliphatic rings. The van der Waals surface area contributed by atoms with E-state index < -0.39 is 0 Å². The number of halogens is 1. The number of nitrogens with zero attached hydrogens (tertiary/aromatic N) is 2. The van der Waals surface area contributed by atoms with E-state index in [2.05, 4.69) is 10.2 Å². The van der Waals surface area contributed by atoms with Crippen molar-refractivity contribution in [3.05, 3.63) is 35.1 Å². The van der Waals surface area contributed by atoms with Crippen LogP contribution in [0.5, 0.6) is 0 Å². The summed E-state index contributed by atoms with van der Waals surface area (Å²) in [6.45, 7) is 5.98. The molecule has 1 saturated heterocycles. The normalized spacial score (nSPS) is 16.0. The summed E-state index contributed by atoms with van der Waals surface area (Å²) in [5.41, 5.74) is 1.05. The monoisotopic (exact) mass is 277 g/mol. The van der Waals surface area contributed by atoms with Crippen molar-refractivity contribution in [3.8, 4) is 6.07 Å². The van der Waals surface area contributed by atoms with Gasteiger partial charge in [0.1, 0.15) is 5.82 Å². The zero-order valence-electron chi connectivity index (χ0n) is 11.6. The summed E-state index contributed by atoms with van der Waals surface area (Å²) in [6, 6.07) is 6.48. The smallest absolute Gasteiger partial charge is 0.127 e. The Hall–Kier alpha value is -1.48. The van der Waals surface area contributed by atoms with Gasteiger partial charge in [0.2, 0.25) is 0 Å². The van der Waals surface area contributed by atoms with Crippen LogP contribution in [-0.4, -0.2) is 44.3 Å². The maximum Gasteiger partial charge on any atom is 0.127 e. The molecule has 0 bridgehead atoms. The summed E-state index contributed by atoms with van der Waals surface area (Å²) < 4.78 is 18.8. The van der Waals surface area contributed by atoms with E-state index in [0.717, 1.165) is 45.8 Å². The Kier molecular flexibility index (Phi) is 5.93. The number of hydrogen-bond donors (Lipinski definition) is 1. The molecular formula is C15H20FN3O. The lowest BCUT2D eigenvalue weighted by atomic mass is 10.1. The molecule has 2 rings (SSSR count). The summed E-state index contributed by atoms with van der Waals surface area (Å²) in [5, 5.41) is 12.0. The van der Waals surface area contributed by atoms with Gasteiger partial charge in [-0.3, -0.25) is 4.90 Å². The molecule has 1 aromatic carbocycles. The Morgan fingerprint density at radius 3 is 2.90 bits per heavy atom. The predicted octanol–water partition coefficient (Wildman–Crippen LogP) is 1.51. The zero-order valence-corrected chi connectivity index (χ0v) is 11.6. The second-order valence-electron chi connectivity index (χ2n) is 4.90. The van der Waals surface area contributed by atoms with E-state index in [1.807, 2.05) is 6.07 Å². The minimum atomic E-state index is -0.260. The summed E-state index contributed by atoms with van der Waals surface area (Å²) in [4.78, 5) is 2.38. The average molecular weight is 277 g/mol. The van der Waals surface area contributed by atoms with Gasteiger partial charge in [0.15, 0.2) is 0 Å². The van der Waals surface area contributed by atoms with E-state index in [1.54, 1.807) is 6.07 Å². The highest BCUT2D eigenvalue weighted by Gasteiger charge is 2.09. The minimum Gasteiger partial charge on any atom is -0.379 e. The van der Waals surface area contributed by atoms with Crippen LogP contribution in [0.15, 0.2) is 18.2 Å². The SMILES string of the molecule is N#Cc1ccc(F)c(CNCCCN2CCOCC2)c1. The number of benzene rings is 1. The maximum absolute atomic E-state index is 13.5. The van der Waals surface area contributed by atoms with Crippen molar-refractivity contribution < 1.29 is 9.13 Å². The van der Waals surface area contributed by atoms with Crippen LogP contribution in [0.25, 0.3) is 0 Å². The van der Waals surface area contributed by atoms with Gasteiger partial charge in [0, 0.05) is 25.2 Å². The maximum atomic E-state index is 13.5. The predicted molar refractivity (Wildman–Crippen MR) is 74.7 cm³/mol. The minimum absolute atomic E-state index is 0.260. The topological polar surface area (TPSA) is 48.3 Å². The van der Waals surface area contributed by atoms with Crippen molar-refractivity contribution in [3.63, 3.8) is 0 Å². The lowest BCUT2D eigenvalue weighted by Crippen LogP contribution is -2.37. The molecule has 0 amide bonds. The van der Waals surface area contributed by atoms with Crippen molar-refractivity contribution in [2.45, 2.75) is 13.0 Å². The van der Waals surface area contributed by atoms with E-state index >= 15 is 0 Å². The first-order chi connectivity index (χ1) is 9.79. The van der Waals surface area contributed by atoms with Crippen LogP contribution in [0.1, 0.15) is 17.5 Å². The lowest BCUT2D eigenvalue weighted by molar-refractivity contribution is 0.0374. The van der Waals surface area contributed by atoms with Crippen molar-refractivity contribution in [2.24, 2.45) is 0 Å². The quantitative estimate of drug-likeness (QED) is 0.801. The molecule has 0 spiro atoms. The Bertz CT molecular complexity index is 467. The second-order valence-corrected chi connectivity index (χ2v) is 4.90. The van der Waals surface area contributed by atoms with Gasteiger partial charge >= 0.3 is 0 Å². The third kappa shape index (κ3) is 4.57. The molecule has 1 fully saturated rings. The largest absolute Gasteiger partial charge is 0.379 e. The highest BCUT2D eigenvalue weighted by Crippen LogP contribution is 2.09. The van der Waals surface area contributed by atoms with Gasteiger partial charge in [0.25, 0.3) is 0 Å². The van der Waals surface area contributed by atoms with Gasteiger partial charge < -0.3 is 10.1 Å². The molecule has 108 valence electrons. The van der Waals surface area contributed by atoms with Gasteiger partial charge in [-0.25, -0.2) is 4.39 Å². The molecular weight excluding hydrogens is 257 g/mol. The fourth-order valence-corrected chi connectivity index (χ4v) is 2.26. The van der Waals surface area contributed by atoms with Gasteiger partial charge in [-0.2, -0.15) is 5.26 Å². The summed E-state index contributed by atoms with van der Waals surface area (Å²) in [7, 11) is 0. The number of morpholine rings is 1. The fraction of sp³-hybridized carbons (Fsp3) is 0.533. The molecule has 0 saturated carbocycles. The molecule has 0 atom stereocenters. The second kappa shape index (κ2) is 7.95. The third-order valence-electron chi connectivity index (χ3n) is 3.42. The fourth-order valence-electron chi connectivity index (χ4n) is 2.26. The van der Waals surface area contributed by atoms with Crippen LogP contribution >= 0.6 is 0 Å². The summed E-state index contributed by atoms with van der Waals surface area (Å²) in [6.07, 6.45) is 1.03. The van der Waals surface area contributed by atoms with Crippen LogP contribution in [-0.2, 0) is 11.3 Å². The van der Waals surface area contributed by atoms with Gasteiger partial charge in [-0.15, -0.1) is 0 Å². The number of nitriles is 1. The molecule has 4 nitrogen and oxygen atoms in total. The van der Waals surface area contributed by atoms with Crippen LogP contribution in [0.2, 0.25) is 0 Å². The van der Waals surface area contributed by atoms with E-state index in [-0.39, 0.29) is 5.82 Å². The first-order valence-corrected chi connectivity index (χ1v) is 6.99.